The average Bonchev–Trinajstić information content (AvgIpc) is 2.98. The summed E-state index contributed by atoms with van der Waals surface area (Å²) in [4.78, 5) is 4.36. The third-order valence-electron chi connectivity index (χ3n) is 7.42. The van der Waals surface area contributed by atoms with Crippen LogP contribution >= 0.6 is 24.0 Å². The molecule has 1 spiro atoms. The summed E-state index contributed by atoms with van der Waals surface area (Å²) in [7, 11) is 1.77. The Kier molecular flexibility index (Phi) is 6.55. The first-order valence-corrected chi connectivity index (χ1v) is 10.1. The molecule has 0 amide bonds. The van der Waals surface area contributed by atoms with E-state index in [0.717, 1.165) is 19.0 Å². The van der Waals surface area contributed by atoms with Crippen LogP contribution in [0.3, 0.4) is 0 Å². The maximum atomic E-state index is 12.8. The van der Waals surface area contributed by atoms with Crippen molar-refractivity contribution in [1.29, 1.82) is 0 Å². The molecule has 1 saturated heterocycles. The van der Waals surface area contributed by atoms with Crippen molar-refractivity contribution in [2.24, 2.45) is 28.2 Å². The van der Waals surface area contributed by atoms with Gasteiger partial charge in [-0.1, -0.05) is 6.42 Å². The quantitative estimate of drug-likeness (QED) is 0.348. The van der Waals surface area contributed by atoms with Crippen LogP contribution in [0.25, 0.3) is 0 Å². The molecule has 3 saturated carbocycles. The molecule has 3 aliphatic carbocycles. The number of hydrogen-bond donors (Lipinski definition) is 2. The highest BCUT2D eigenvalue weighted by molar-refractivity contribution is 14.0. The lowest BCUT2D eigenvalue weighted by Crippen LogP contribution is -2.72. The number of halogens is 4. The minimum absolute atomic E-state index is 0. The van der Waals surface area contributed by atoms with Gasteiger partial charge in [-0.05, 0) is 50.9 Å². The second-order valence-electron chi connectivity index (χ2n) is 8.67. The summed E-state index contributed by atoms with van der Waals surface area (Å²) in [6, 6.07) is 0.427. The van der Waals surface area contributed by atoms with E-state index < -0.39 is 12.1 Å². The number of fused-ring (bicyclic) bond motifs is 2. The van der Waals surface area contributed by atoms with Crippen molar-refractivity contribution in [2.45, 2.75) is 69.7 Å². The first-order chi connectivity index (χ1) is 12.4. The van der Waals surface area contributed by atoms with Crippen LogP contribution in [0, 0.1) is 23.2 Å². The Balaban J connectivity index is 0.00000210. The predicted octanol–water partition coefficient (Wildman–Crippen LogP) is 4.10. The molecule has 27 heavy (non-hydrogen) atoms. The number of alkyl halides is 3. The van der Waals surface area contributed by atoms with Gasteiger partial charge in [-0.2, -0.15) is 13.2 Å². The van der Waals surface area contributed by atoms with Gasteiger partial charge in [0.25, 0.3) is 0 Å². The summed E-state index contributed by atoms with van der Waals surface area (Å²) in [6.07, 6.45) is 3.03. The standard InChI is InChI=1S/C19H30F3N3O.HI/c1-23-17(24-11-12-3-5-13(6-4-12)19(20,21)22)25-15-14-7-10-26-16(14)18(15)8-2-9-18;/h12-16H,2-11H2,1H3,(H2,23,24,25);1H. The minimum atomic E-state index is -4.03. The van der Waals surface area contributed by atoms with Gasteiger partial charge in [0.05, 0.1) is 12.0 Å². The topological polar surface area (TPSA) is 45.7 Å². The number of nitrogens with zero attached hydrogens (tertiary/aromatic N) is 1. The van der Waals surface area contributed by atoms with Gasteiger partial charge in [-0.3, -0.25) is 4.99 Å². The third-order valence-corrected chi connectivity index (χ3v) is 7.42. The van der Waals surface area contributed by atoms with E-state index in [9.17, 15) is 13.2 Å². The molecule has 156 valence electrons. The minimum Gasteiger partial charge on any atom is -0.377 e. The van der Waals surface area contributed by atoms with Crippen LogP contribution in [0.15, 0.2) is 4.99 Å². The highest BCUT2D eigenvalue weighted by Gasteiger charge is 2.66. The number of rotatable bonds is 3. The first-order valence-electron chi connectivity index (χ1n) is 10.1. The highest BCUT2D eigenvalue weighted by Crippen LogP contribution is 2.62. The lowest BCUT2D eigenvalue weighted by Gasteiger charge is -2.63. The molecule has 8 heteroatoms. The number of guanidine groups is 1. The summed E-state index contributed by atoms with van der Waals surface area (Å²) in [5.74, 6) is 0.568. The number of aliphatic imine (C=N–C) groups is 1. The molecule has 4 nitrogen and oxygen atoms in total. The Morgan fingerprint density at radius 2 is 1.85 bits per heavy atom. The van der Waals surface area contributed by atoms with Gasteiger partial charge in [0.1, 0.15) is 0 Å². The zero-order valence-corrected chi connectivity index (χ0v) is 18.2. The first kappa shape index (κ1) is 21.5. The van der Waals surface area contributed by atoms with E-state index in [2.05, 4.69) is 15.6 Å². The van der Waals surface area contributed by atoms with Crippen molar-refractivity contribution in [3.63, 3.8) is 0 Å². The van der Waals surface area contributed by atoms with Crippen molar-refractivity contribution in [3.05, 3.63) is 0 Å². The lowest BCUT2D eigenvalue weighted by molar-refractivity contribution is -0.183. The van der Waals surface area contributed by atoms with Gasteiger partial charge < -0.3 is 15.4 Å². The molecular formula is C19H31F3IN3O. The zero-order valence-electron chi connectivity index (χ0n) is 15.9. The van der Waals surface area contributed by atoms with E-state index >= 15 is 0 Å². The molecule has 4 aliphatic rings. The second-order valence-corrected chi connectivity index (χ2v) is 8.67. The Morgan fingerprint density at radius 3 is 2.41 bits per heavy atom. The predicted molar refractivity (Wildman–Crippen MR) is 109 cm³/mol. The molecule has 3 atom stereocenters. The SMILES string of the molecule is CN=C(NCC1CCC(C(F)(F)F)CC1)NC1C2CCOC2C12CCC2.I. The van der Waals surface area contributed by atoms with E-state index in [4.69, 9.17) is 4.74 Å². The zero-order chi connectivity index (χ0) is 18.4. The average molecular weight is 501 g/mol. The largest absolute Gasteiger partial charge is 0.391 e. The summed E-state index contributed by atoms with van der Waals surface area (Å²) in [6.45, 7) is 1.57. The van der Waals surface area contributed by atoms with E-state index in [1.54, 1.807) is 7.05 Å². The molecule has 3 unspecified atom stereocenters. The summed E-state index contributed by atoms with van der Waals surface area (Å²) < 4.78 is 44.3. The van der Waals surface area contributed by atoms with Crippen LogP contribution in [0.4, 0.5) is 13.2 Å². The maximum absolute atomic E-state index is 12.8. The number of nitrogens with one attached hydrogen (secondary N) is 2. The van der Waals surface area contributed by atoms with E-state index in [-0.39, 0.29) is 36.8 Å². The van der Waals surface area contributed by atoms with E-state index in [1.807, 2.05) is 0 Å². The number of hydrogen-bond acceptors (Lipinski definition) is 2. The fourth-order valence-corrected chi connectivity index (χ4v) is 5.73. The van der Waals surface area contributed by atoms with E-state index in [0.29, 0.717) is 48.8 Å². The van der Waals surface area contributed by atoms with Crippen molar-refractivity contribution < 1.29 is 17.9 Å². The Morgan fingerprint density at radius 1 is 1.15 bits per heavy atom. The van der Waals surface area contributed by atoms with Crippen LogP contribution in [-0.4, -0.2) is 44.5 Å². The van der Waals surface area contributed by atoms with Gasteiger partial charge in [-0.25, -0.2) is 0 Å². The second kappa shape index (κ2) is 8.24. The van der Waals surface area contributed by atoms with Gasteiger partial charge >= 0.3 is 6.18 Å². The Hall–Kier alpha value is -0.250. The fourth-order valence-electron chi connectivity index (χ4n) is 5.73. The van der Waals surface area contributed by atoms with Crippen molar-refractivity contribution in [3.8, 4) is 0 Å². The third kappa shape index (κ3) is 3.94. The molecule has 4 fully saturated rings. The lowest BCUT2D eigenvalue weighted by atomic mass is 9.46. The van der Waals surface area contributed by atoms with Gasteiger partial charge in [-0.15, -0.1) is 24.0 Å². The van der Waals surface area contributed by atoms with Gasteiger partial charge in [0, 0.05) is 37.6 Å². The molecule has 2 N–H and O–H groups in total. The fraction of sp³-hybridized carbons (Fsp3) is 0.947. The molecule has 0 bridgehead atoms. The Labute approximate surface area is 176 Å². The van der Waals surface area contributed by atoms with Gasteiger partial charge in [0.15, 0.2) is 5.96 Å². The van der Waals surface area contributed by atoms with Crippen LogP contribution in [0.2, 0.25) is 0 Å². The smallest absolute Gasteiger partial charge is 0.377 e. The highest BCUT2D eigenvalue weighted by atomic mass is 127. The van der Waals surface area contributed by atoms with Gasteiger partial charge in [0.2, 0.25) is 0 Å². The molecule has 0 aromatic carbocycles. The normalized spacial score (nSPS) is 37.6. The number of ether oxygens (including phenoxy) is 1. The maximum Gasteiger partial charge on any atom is 0.391 e. The van der Waals surface area contributed by atoms with E-state index in [1.165, 1.54) is 19.3 Å². The van der Waals surface area contributed by atoms with Crippen molar-refractivity contribution in [1.82, 2.24) is 10.6 Å². The van der Waals surface area contributed by atoms with Crippen LogP contribution < -0.4 is 10.6 Å². The van der Waals surface area contributed by atoms with Crippen molar-refractivity contribution in [2.75, 3.05) is 20.2 Å². The van der Waals surface area contributed by atoms with Crippen LogP contribution in [-0.2, 0) is 4.74 Å². The molecule has 4 rings (SSSR count). The molecule has 0 aromatic heterocycles. The van der Waals surface area contributed by atoms with Crippen LogP contribution in [0.5, 0.6) is 0 Å². The summed E-state index contributed by atoms with van der Waals surface area (Å²) in [5, 5.41) is 6.99. The van der Waals surface area contributed by atoms with Crippen molar-refractivity contribution >= 4 is 29.9 Å². The molecule has 1 heterocycles. The molecule has 0 radical (unpaired) electrons. The summed E-state index contributed by atoms with van der Waals surface area (Å²) in [5.41, 5.74) is 0.295. The molecule has 1 aliphatic heterocycles. The monoisotopic (exact) mass is 501 g/mol. The summed E-state index contributed by atoms with van der Waals surface area (Å²) >= 11 is 0. The Bertz CT molecular complexity index is 545. The van der Waals surface area contributed by atoms with Crippen LogP contribution in [0.1, 0.15) is 51.4 Å². The molecular weight excluding hydrogens is 470 g/mol. The molecule has 0 aromatic rings.